The van der Waals surface area contributed by atoms with Gasteiger partial charge in [-0.2, -0.15) is 0 Å². The first-order valence-corrected chi connectivity index (χ1v) is 6.67. The Labute approximate surface area is 108 Å². The Morgan fingerprint density at radius 3 is 2.56 bits per heavy atom. The summed E-state index contributed by atoms with van der Waals surface area (Å²) in [4.78, 5) is 13.3. The van der Waals surface area contributed by atoms with Gasteiger partial charge in [-0.15, -0.1) is 0 Å². The zero-order valence-electron chi connectivity index (χ0n) is 11.1. The molecule has 1 saturated heterocycles. The molecular formula is C15H20FNO. The highest BCUT2D eigenvalue weighted by atomic mass is 19.1. The molecule has 0 saturated carbocycles. The van der Waals surface area contributed by atoms with Gasteiger partial charge in [-0.05, 0) is 43.9 Å². The summed E-state index contributed by atoms with van der Waals surface area (Å²) in [6.07, 6.45) is 3.47. The van der Waals surface area contributed by atoms with E-state index in [1.54, 1.807) is 12.1 Å². The minimum atomic E-state index is -0.280. The van der Waals surface area contributed by atoms with Gasteiger partial charge in [0, 0.05) is 18.7 Å². The molecule has 1 aliphatic heterocycles. The van der Waals surface area contributed by atoms with Crippen molar-refractivity contribution in [2.45, 2.75) is 33.1 Å². The molecule has 2 rings (SSSR count). The van der Waals surface area contributed by atoms with Crippen LogP contribution in [0.15, 0.2) is 18.2 Å². The summed E-state index contributed by atoms with van der Waals surface area (Å²) >= 11 is 0. The lowest BCUT2D eigenvalue weighted by Crippen LogP contribution is -2.34. The summed E-state index contributed by atoms with van der Waals surface area (Å²) in [6.45, 7) is 5.49. The second-order valence-electron chi connectivity index (χ2n) is 5.06. The quantitative estimate of drug-likeness (QED) is 0.762. The summed E-state index contributed by atoms with van der Waals surface area (Å²) in [5.41, 5.74) is 1.08. The molecule has 2 nitrogen and oxygen atoms in total. The first-order valence-electron chi connectivity index (χ1n) is 6.67. The summed E-state index contributed by atoms with van der Waals surface area (Å²) in [7, 11) is 0. The van der Waals surface area contributed by atoms with Crippen LogP contribution in [0.4, 0.5) is 10.1 Å². The van der Waals surface area contributed by atoms with Crippen molar-refractivity contribution in [1.29, 1.82) is 0 Å². The van der Waals surface area contributed by atoms with Crippen molar-refractivity contribution < 1.29 is 9.18 Å². The lowest BCUT2D eigenvalue weighted by molar-refractivity contribution is 0.101. The number of hydrogen-bond donors (Lipinski definition) is 0. The number of rotatable bonds is 3. The van der Waals surface area contributed by atoms with Crippen molar-refractivity contribution in [1.82, 2.24) is 0 Å². The van der Waals surface area contributed by atoms with E-state index in [1.165, 1.54) is 19.4 Å². The minimum Gasteiger partial charge on any atom is -0.369 e. The maximum Gasteiger partial charge on any atom is 0.159 e. The van der Waals surface area contributed by atoms with Gasteiger partial charge < -0.3 is 4.90 Å². The predicted molar refractivity (Wildman–Crippen MR) is 71.6 cm³/mol. The third kappa shape index (κ3) is 2.71. The average molecular weight is 249 g/mol. The van der Waals surface area contributed by atoms with Gasteiger partial charge in [0.1, 0.15) is 5.82 Å². The van der Waals surface area contributed by atoms with Gasteiger partial charge in [-0.1, -0.05) is 13.3 Å². The van der Waals surface area contributed by atoms with Gasteiger partial charge in [-0.25, -0.2) is 4.39 Å². The van der Waals surface area contributed by atoms with Crippen LogP contribution in [0.1, 0.15) is 43.5 Å². The number of benzene rings is 1. The van der Waals surface area contributed by atoms with Crippen LogP contribution in [-0.2, 0) is 0 Å². The Balaban J connectivity index is 2.12. The topological polar surface area (TPSA) is 20.3 Å². The van der Waals surface area contributed by atoms with Crippen molar-refractivity contribution in [2.24, 2.45) is 5.92 Å². The number of Topliss-reactive ketones (excluding diaryl/α,β-unsaturated/α-hetero) is 1. The highest BCUT2D eigenvalue weighted by Crippen LogP contribution is 2.27. The molecule has 1 fully saturated rings. The Hall–Kier alpha value is -1.38. The number of piperidine rings is 1. The minimum absolute atomic E-state index is 0.0925. The molecule has 0 bridgehead atoms. The van der Waals surface area contributed by atoms with Gasteiger partial charge in [-0.3, -0.25) is 4.79 Å². The molecule has 1 aliphatic rings. The average Bonchev–Trinajstić information content (AvgIpc) is 2.38. The van der Waals surface area contributed by atoms with E-state index in [0.717, 1.165) is 31.8 Å². The van der Waals surface area contributed by atoms with E-state index in [4.69, 9.17) is 0 Å². The molecule has 0 atom stereocenters. The zero-order valence-corrected chi connectivity index (χ0v) is 11.1. The van der Waals surface area contributed by atoms with Crippen LogP contribution in [0.25, 0.3) is 0 Å². The van der Waals surface area contributed by atoms with Gasteiger partial charge in [0.2, 0.25) is 0 Å². The molecule has 0 aliphatic carbocycles. The maximum atomic E-state index is 14.0. The smallest absolute Gasteiger partial charge is 0.159 e. The number of nitrogens with zero attached hydrogens (tertiary/aromatic N) is 1. The van der Waals surface area contributed by atoms with Crippen LogP contribution in [0.2, 0.25) is 0 Å². The van der Waals surface area contributed by atoms with Crippen LogP contribution >= 0.6 is 0 Å². The molecular weight excluding hydrogens is 229 g/mol. The van der Waals surface area contributed by atoms with E-state index in [1.807, 2.05) is 0 Å². The molecule has 1 aromatic rings. The molecule has 0 aromatic heterocycles. The number of anilines is 1. The highest BCUT2D eigenvalue weighted by molar-refractivity contribution is 5.94. The van der Waals surface area contributed by atoms with E-state index in [2.05, 4.69) is 11.8 Å². The molecule has 0 spiro atoms. The van der Waals surface area contributed by atoms with Crippen molar-refractivity contribution in [2.75, 3.05) is 18.0 Å². The Kier molecular flexibility index (Phi) is 4.00. The van der Waals surface area contributed by atoms with E-state index < -0.39 is 0 Å². The molecule has 0 amide bonds. The second kappa shape index (κ2) is 5.51. The third-order valence-corrected chi connectivity index (χ3v) is 3.89. The van der Waals surface area contributed by atoms with Gasteiger partial charge >= 0.3 is 0 Å². The number of halogens is 1. The Morgan fingerprint density at radius 1 is 1.39 bits per heavy atom. The van der Waals surface area contributed by atoms with Crippen molar-refractivity contribution >= 4 is 11.5 Å². The van der Waals surface area contributed by atoms with Crippen LogP contribution in [0.5, 0.6) is 0 Å². The lowest BCUT2D eigenvalue weighted by Gasteiger charge is -2.33. The molecule has 0 N–H and O–H groups in total. The highest BCUT2D eigenvalue weighted by Gasteiger charge is 2.20. The second-order valence-corrected chi connectivity index (χ2v) is 5.06. The van der Waals surface area contributed by atoms with Gasteiger partial charge in [0.25, 0.3) is 0 Å². The standard InChI is InChI=1S/C15H20FNO/c1-3-12-6-8-17(9-7-12)15-5-4-13(11(2)18)10-14(15)16/h4-5,10,12H,3,6-9H2,1-2H3. The van der Waals surface area contributed by atoms with Crippen molar-refractivity contribution in [3.63, 3.8) is 0 Å². The first-order chi connectivity index (χ1) is 8.61. The van der Waals surface area contributed by atoms with Crippen LogP contribution in [-0.4, -0.2) is 18.9 Å². The molecule has 3 heteroatoms. The molecule has 1 aromatic carbocycles. The molecule has 18 heavy (non-hydrogen) atoms. The van der Waals surface area contributed by atoms with Crippen molar-refractivity contribution in [3.05, 3.63) is 29.6 Å². The lowest BCUT2D eigenvalue weighted by atomic mass is 9.94. The predicted octanol–water partition coefficient (Wildman–Crippen LogP) is 3.65. The Bertz CT molecular complexity index is 436. The number of ketones is 1. The van der Waals surface area contributed by atoms with E-state index in [0.29, 0.717) is 11.3 Å². The van der Waals surface area contributed by atoms with E-state index >= 15 is 0 Å². The SMILES string of the molecule is CCC1CCN(c2ccc(C(C)=O)cc2F)CC1. The molecule has 98 valence electrons. The van der Waals surface area contributed by atoms with E-state index in [-0.39, 0.29) is 11.6 Å². The van der Waals surface area contributed by atoms with Crippen LogP contribution in [0, 0.1) is 11.7 Å². The van der Waals surface area contributed by atoms with Gasteiger partial charge in [0.15, 0.2) is 5.78 Å². The largest absolute Gasteiger partial charge is 0.369 e. The van der Waals surface area contributed by atoms with Crippen LogP contribution < -0.4 is 4.90 Å². The van der Waals surface area contributed by atoms with E-state index in [9.17, 15) is 9.18 Å². The maximum absolute atomic E-state index is 14.0. The summed E-state index contributed by atoms with van der Waals surface area (Å²) in [6, 6.07) is 4.80. The monoisotopic (exact) mass is 249 g/mol. The fraction of sp³-hybridized carbons (Fsp3) is 0.533. The fourth-order valence-electron chi connectivity index (χ4n) is 2.56. The van der Waals surface area contributed by atoms with Crippen molar-refractivity contribution in [3.8, 4) is 0 Å². The molecule has 1 heterocycles. The number of carbonyl (C=O) groups excluding carboxylic acids is 1. The third-order valence-electron chi connectivity index (χ3n) is 3.89. The summed E-state index contributed by atoms with van der Waals surface area (Å²) in [5.74, 6) is 0.406. The van der Waals surface area contributed by atoms with Crippen LogP contribution in [0.3, 0.4) is 0 Å². The normalized spacial score (nSPS) is 16.9. The summed E-state index contributed by atoms with van der Waals surface area (Å²) in [5, 5.41) is 0. The summed E-state index contributed by atoms with van der Waals surface area (Å²) < 4.78 is 14.0. The first kappa shape index (κ1) is 13.1. The molecule has 0 unspecified atom stereocenters. The number of carbonyl (C=O) groups is 1. The fourth-order valence-corrected chi connectivity index (χ4v) is 2.56. The number of hydrogen-bond acceptors (Lipinski definition) is 2. The zero-order chi connectivity index (χ0) is 13.1. The van der Waals surface area contributed by atoms with Gasteiger partial charge in [0.05, 0.1) is 5.69 Å². The Morgan fingerprint density at radius 2 is 2.06 bits per heavy atom. The molecule has 0 radical (unpaired) electrons.